The van der Waals surface area contributed by atoms with Crippen LogP contribution in [0.15, 0.2) is 24.4 Å². The Bertz CT molecular complexity index is 545. The van der Waals surface area contributed by atoms with Crippen molar-refractivity contribution in [2.45, 2.75) is 24.9 Å². The SMILES string of the molecule is CC(C)SCc1c[nH]c2ccc(C(=O)O)cc12. The van der Waals surface area contributed by atoms with Crippen LogP contribution in [0.5, 0.6) is 0 Å². The summed E-state index contributed by atoms with van der Waals surface area (Å²) in [4.78, 5) is 14.1. The molecule has 1 aromatic carbocycles. The molecule has 0 saturated heterocycles. The molecule has 90 valence electrons. The van der Waals surface area contributed by atoms with E-state index in [1.165, 1.54) is 5.56 Å². The van der Waals surface area contributed by atoms with E-state index >= 15 is 0 Å². The molecule has 0 amide bonds. The van der Waals surface area contributed by atoms with Crippen molar-refractivity contribution in [3.8, 4) is 0 Å². The number of carboxylic acid groups (broad SMARTS) is 1. The topological polar surface area (TPSA) is 53.1 Å². The number of thioether (sulfide) groups is 1. The summed E-state index contributed by atoms with van der Waals surface area (Å²) in [5.41, 5.74) is 2.50. The molecule has 0 atom stereocenters. The predicted octanol–water partition coefficient (Wildman–Crippen LogP) is 3.51. The summed E-state index contributed by atoms with van der Waals surface area (Å²) in [6, 6.07) is 5.19. The molecule has 2 N–H and O–H groups in total. The lowest BCUT2D eigenvalue weighted by Crippen LogP contribution is -1.95. The maximum absolute atomic E-state index is 10.9. The number of fused-ring (bicyclic) bond motifs is 1. The molecule has 0 fully saturated rings. The summed E-state index contributed by atoms with van der Waals surface area (Å²) in [5, 5.41) is 10.6. The van der Waals surface area contributed by atoms with Crippen LogP contribution in [-0.2, 0) is 5.75 Å². The number of H-pyrrole nitrogens is 1. The van der Waals surface area contributed by atoms with E-state index in [0.29, 0.717) is 10.8 Å². The van der Waals surface area contributed by atoms with Gasteiger partial charge in [-0.05, 0) is 29.0 Å². The molecule has 0 aliphatic carbocycles. The van der Waals surface area contributed by atoms with Crippen molar-refractivity contribution in [3.05, 3.63) is 35.5 Å². The van der Waals surface area contributed by atoms with Crippen molar-refractivity contribution in [1.82, 2.24) is 4.98 Å². The smallest absolute Gasteiger partial charge is 0.335 e. The number of aromatic carboxylic acids is 1. The van der Waals surface area contributed by atoms with Crippen molar-refractivity contribution < 1.29 is 9.90 Å². The number of aromatic amines is 1. The number of carboxylic acids is 1. The highest BCUT2D eigenvalue weighted by molar-refractivity contribution is 7.99. The molecular formula is C13H15NO2S. The number of hydrogen-bond acceptors (Lipinski definition) is 2. The summed E-state index contributed by atoms with van der Waals surface area (Å²) >= 11 is 1.85. The van der Waals surface area contributed by atoms with Crippen molar-refractivity contribution >= 4 is 28.6 Å². The van der Waals surface area contributed by atoms with E-state index in [2.05, 4.69) is 18.8 Å². The van der Waals surface area contributed by atoms with Gasteiger partial charge in [0.25, 0.3) is 0 Å². The van der Waals surface area contributed by atoms with Gasteiger partial charge in [-0.15, -0.1) is 0 Å². The van der Waals surface area contributed by atoms with Gasteiger partial charge in [0.15, 0.2) is 0 Å². The predicted molar refractivity (Wildman–Crippen MR) is 71.7 cm³/mol. The molecule has 17 heavy (non-hydrogen) atoms. The van der Waals surface area contributed by atoms with Crippen LogP contribution >= 0.6 is 11.8 Å². The monoisotopic (exact) mass is 249 g/mol. The van der Waals surface area contributed by atoms with E-state index in [4.69, 9.17) is 5.11 Å². The highest BCUT2D eigenvalue weighted by Gasteiger charge is 2.08. The molecule has 3 nitrogen and oxygen atoms in total. The Morgan fingerprint density at radius 3 is 2.88 bits per heavy atom. The Morgan fingerprint density at radius 2 is 2.24 bits per heavy atom. The number of aromatic nitrogens is 1. The van der Waals surface area contributed by atoms with E-state index in [0.717, 1.165) is 16.7 Å². The largest absolute Gasteiger partial charge is 0.478 e. The van der Waals surface area contributed by atoms with Gasteiger partial charge in [0, 0.05) is 22.9 Å². The summed E-state index contributed by atoms with van der Waals surface area (Å²) in [5.74, 6) is 0.0244. The first-order chi connectivity index (χ1) is 8.08. The maximum Gasteiger partial charge on any atom is 0.335 e. The summed E-state index contributed by atoms with van der Waals surface area (Å²) in [6.07, 6.45) is 1.96. The van der Waals surface area contributed by atoms with Gasteiger partial charge < -0.3 is 10.1 Å². The van der Waals surface area contributed by atoms with Crippen LogP contribution in [-0.4, -0.2) is 21.3 Å². The Balaban J connectivity index is 2.36. The van der Waals surface area contributed by atoms with E-state index in [-0.39, 0.29) is 0 Å². The standard InChI is InChI=1S/C13H15NO2S/c1-8(2)17-7-10-6-14-12-4-3-9(13(15)16)5-11(10)12/h3-6,8,14H,7H2,1-2H3,(H,15,16). The fraction of sp³-hybridized carbons (Fsp3) is 0.308. The lowest BCUT2D eigenvalue weighted by Gasteiger charge is -2.03. The summed E-state index contributed by atoms with van der Waals surface area (Å²) in [7, 11) is 0. The summed E-state index contributed by atoms with van der Waals surface area (Å²) in [6.45, 7) is 4.31. The van der Waals surface area contributed by atoms with Gasteiger partial charge in [-0.25, -0.2) is 4.79 Å². The van der Waals surface area contributed by atoms with Gasteiger partial charge in [-0.1, -0.05) is 13.8 Å². The van der Waals surface area contributed by atoms with Crippen LogP contribution in [0.4, 0.5) is 0 Å². The van der Waals surface area contributed by atoms with Crippen molar-refractivity contribution in [3.63, 3.8) is 0 Å². The molecule has 0 unspecified atom stereocenters. The molecule has 4 heteroatoms. The van der Waals surface area contributed by atoms with Gasteiger partial charge in [-0.3, -0.25) is 0 Å². The zero-order chi connectivity index (χ0) is 12.4. The highest BCUT2D eigenvalue weighted by atomic mass is 32.2. The average molecular weight is 249 g/mol. The second kappa shape index (κ2) is 4.84. The molecule has 0 saturated carbocycles. The fourth-order valence-electron chi connectivity index (χ4n) is 1.69. The Hall–Kier alpha value is -1.42. The second-order valence-electron chi connectivity index (χ2n) is 4.24. The molecule has 1 aromatic heterocycles. The molecule has 0 radical (unpaired) electrons. The van der Waals surface area contributed by atoms with Gasteiger partial charge in [0.1, 0.15) is 0 Å². The van der Waals surface area contributed by atoms with Crippen molar-refractivity contribution in [2.24, 2.45) is 0 Å². The van der Waals surface area contributed by atoms with Crippen LogP contribution < -0.4 is 0 Å². The van der Waals surface area contributed by atoms with E-state index in [1.54, 1.807) is 12.1 Å². The number of carbonyl (C=O) groups is 1. The number of hydrogen-bond donors (Lipinski definition) is 2. The fourth-order valence-corrected chi connectivity index (χ4v) is 2.44. The van der Waals surface area contributed by atoms with E-state index in [1.807, 2.05) is 24.0 Å². The van der Waals surface area contributed by atoms with Gasteiger partial charge in [0.2, 0.25) is 0 Å². The second-order valence-corrected chi connectivity index (χ2v) is 5.80. The Morgan fingerprint density at radius 1 is 1.47 bits per heavy atom. The zero-order valence-corrected chi connectivity index (χ0v) is 10.7. The van der Waals surface area contributed by atoms with Crippen LogP contribution in [0.3, 0.4) is 0 Å². The van der Waals surface area contributed by atoms with Crippen molar-refractivity contribution in [1.29, 1.82) is 0 Å². The number of benzene rings is 1. The van der Waals surface area contributed by atoms with Crippen molar-refractivity contribution in [2.75, 3.05) is 0 Å². The molecule has 0 spiro atoms. The molecule has 2 aromatic rings. The summed E-state index contributed by atoms with van der Waals surface area (Å²) < 4.78 is 0. The third-order valence-corrected chi connectivity index (χ3v) is 3.73. The minimum atomic E-state index is -0.879. The van der Waals surface area contributed by atoms with E-state index in [9.17, 15) is 4.79 Å². The highest BCUT2D eigenvalue weighted by Crippen LogP contribution is 2.25. The minimum Gasteiger partial charge on any atom is -0.478 e. The third-order valence-electron chi connectivity index (χ3n) is 2.59. The van der Waals surface area contributed by atoms with Crippen LogP contribution in [0.25, 0.3) is 10.9 Å². The first-order valence-electron chi connectivity index (χ1n) is 5.53. The third kappa shape index (κ3) is 2.64. The lowest BCUT2D eigenvalue weighted by molar-refractivity contribution is 0.0697. The van der Waals surface area contributed by atoms with E-state index < -0.39 is 5.97 Å². The minimum absolute atomic E-state index is 0.341. The van der Waals surface area contributed by atoms with Gasteiger partial charge in [0.05, 0.1) is 5.56 Å². The molecular weight excluding hydrogens is 234 g/mol. The number of rotatable bonds is 4. The lowest BCUT2D eigenvalue weighted by atomic mass is 10.1. The maximum atomic E-state index is 10.9. The van der Waals surface area contributed by atoms with Crippen LogP contribution in [0.1, 0.15) is 29.8 Å². The molecule has 1 heterocycles. The normalized spacial score (nSPS) is 11.2. The zero-order valence-electron chi connectivity index (χ0n) is 9.86. The molecule has 0 bridgehead atoms. The van der Waals surface area contributed by atoms with Crippen LogP contribution in [0, 0.1) is 0 Å². The van der Waals surface area contributed by atoms with Gasteiger partial charge >= 0.3 is 5.97 Å². The molecule has 0 aliphatic heterocycles. The first kappa shape index (κ1) is 12.0. The Labute approximate surface area is 104 Å². The van der Waals surface area contributed by atoms with Gasteiger partial charge in [-0.2, -0.15) is 11.8 Å². The Kier molecular flexibility index (Phi) is 3.43. The number of nitrogens with one attached hydrogen (secondary N) is 1. The molecule has 2 rings (SSSR count). The first-order valence-corrected chi connectivity index (χ1v) is 6.57. The van der Waals surface area contributed by atoms with Crippen LogP contribution in [0.2, 0.25) is 0 Å². The quantitative estimate of drug-likeness (QED) is 0.871. The molecule has 0 aliphatic rings. The average Bonchev–Trinajstić information content (AvgIpc) is 2.68.